The molecule has 10 heteroatoms. The predicted octanol–water partition coefficient (Wildman–Crippen LogP) is 4.70. The number of alkyl halides is 3. The summed E-state index contributed by atoms with van der Waals surface area (Å²) in [6.07, 6.45) is 2.15. The van der Waals surface area contributed by atoms with Crippen LogP contribution in [0.2, 0.25) is 0 Å². The summed E-state index contributed by atoms with van der Waals surface area (Å²) >= 11 is 16.7. The molecule has 1 heterocycles. The van der Waals surface area contributed by atoms with E-state index in [9.17, 15) is 4.79 Å². The third-order valence-electron chi connectivity index (χ3n) is 3.80. The summed E-state index contributed by atoms with van der Waals surface area (Å²) in [5.41, 5.74) is 8.06. The summed E-state index contributed by atoms with van der Waals surface area (Å²) in [5, 5.41) is 4.66. The molecule has 0 atom stereocenters. The molecule has 7 nitrogen and oxygen atoms in total. The van der Waals surface area contributed by atoms with Gasteiger partial charge < -0.3 is 9.64 Å². The minimum Gasteiger partial charge on any atom is -0.444 e. The Balaban J connectivity index is 2.19. The summed E-state index contributed by atoms with van der Waals surface area (Å²) in [4.78, 5) is 13.8. The largest absolute Gasteiger partial charge is 0.444 e. The summed E-state index contributed by atoms with van der Waals surface area (Å²) in [6, 6.07) is 9.78. The van der Waals surface area contributed by atoms with Crippen molar-refractivity contribution in [2.75, 3.05) is 31.0 Å². The molecule has 0 saturated carbocycles. The smallest absolute Gasteiger partial charge is 0.426 e. The van der Waals surface area contributed by atoms with E-state index < -0.39 is 9.89 Å². The van der Waals surface area contributed by atoms with Crippen molar-refractivity contribution in [3.05, 3.63) is 36.0 Å². The lowest BCUT2D eigenvalue weighted by atomic mass is 10.2. The minimum atomic E-state index is -1.67. The molecule has 154 valence electrons. The summed E-state index contributed by atoms with van der Waals surface area (Å²) < 4.78 is 4.91. The number of aromatic nitrogens is 2. The SMILES string of the molecule is CCCCc1cc(NNC(=O)OCC(Cl)(Cl)Cl)n(-c2cccc(N(C)C)c2)n1. The van der Waals surface area contributed by atoms with Gasteiger partial charge in [0.25, 0.3) is 0 Å². The first kappa shape index (κ1) is 22.5. The standard InChI is InChI=1S/C18H24Cl3N5O2/c1-4-5-7-13-10-16(22-23-17(27)28-12-18(19,20)21)26(24-13)15-9-6-8-14(11-15)25(2)3/h6,8-11,22H,4-5,7,12H2,1-3H3,(H,23,27). The fourth-order valence-electron chi connectivity index (χ4n) is 2.40. The van der Waals surface area contributed by atoms with Gasteiger partial charge in [0, 0.05) is 25.8 Å². The Morgan fingerprint density at radius 1 is 1.29 bits per heavy atom. The normalized spacial score (nSPS) is 11.2. The van der Waals surface area contributed by atoms with Crippen LogP contribution >= 0.6 is 34.8 Å². The number of carbonyl (C=O) groups excluding carboxylic acids is 1. The van der Waals surface area contributed by atoms with E-state index in [1.165, 1.54) is 0 Å². The van der Waals surface area contributed by atoms with Crippen LogP contribution in [0.3, 0.4) is 0 Å². The first-order valence-corrected chi connectivity index (χ1v) is 9.95. The zero-order valence-corrected chi connectivity index (χ0v) is 18.3. The maximum Gasteiger partial charge on any atom is 0.426 e. The van der Waals surface area contributed by atoms with Crippen molar-refractivity contribution in [3.8, 4) is 5.69 Å². The molecule has 1 amide bonds. The van der Waals surface area contributed by atoms with Crippen LogP contribution in [0.15, 0.2) is 30.3 Å². The number of nitrogens with one attached hydrogen (secondary N) is 2. The first-order chi connectivity index (χ1) is 13.2. The van der Waals surface area contributed by atoms with Gasteiger partial charge in [-0.3, -0.25) is 5.43 Å². The van der Waals surface area contributed by atoms with Crippen molar-refractivity contribution < 1.29 is 9.53 Å². The molecule has 0 unspecified atom stereocenters. The van der Waals surface area contributed by atoms with Crippen LogP contribution in [0.25, 0.3) is 5.69 Å². The number of hydrogen-bond donors (Lipinski definition) is 2. The molecule has 0 aliphatic heterocycles. The van der Waals surface area contributed by atoms with E-state index >= 15 is 0 Å². The highest BCUT2D eigenvalue weighted by atomic mass is 35.6. The maximum atomic E-state index is 11.8. The summed E-state index contributed by atoms with van der Waals surface area (Å²) in [5.74, 6) is 0.591. The third-order valence-corrected chi connectivity index (χ3v) is 4.12. The van der Waals surface area contributed by atoms with Crippen molar-refractivity contribution in [2.45, 2.75) is 30.0 Å². The maximum absolute atomic E-state index is 11.8. The van der Waals surface area contributed by atoms with Gasteiger partial charge in [0.05, 0.1) is 11.4 Å². The zero-order chi connectivity index (χ0) is 20.7. The third kappa shape index (κ3) is 6.96. The second-order valence-corrected chi connectivity index (χ2v) is 8.91. The average Bonchev–Trinajstić information content (AvgIpc) is 3.05. The Labute approximate surface area is 179 Å². The Bertz CT molecular complexity index is 790. The molecule has 2 aromatic rings. The molecule has 28 heavy (non-hydrogen) atoms. The van der Waals surface area contributed by atoms with Crippen molar-refractivity contribution in [3.63, 3.8) is 0 Å². The number of rotatable bonds is 8. The molecule has 1 aromatic carbocycles. The van der Waals surface area contributed by atoms with Crippen LogP contribution in [0.5, 0.6) is 0 Å². The van der Waals surface area contributed by atoms with E-state index in [1.54, 1.807) is 4.68 Å². The molecule has 2 N–H and O–H groups in total. The Hall–Kier alpha value is -1.83. The van der Waals surface area contributed by atoms with Gasteiger partial charge in [-0.1, -0.05) is 54.2 Å². The summed E-state index contributed by atoms with van der Waals surface area (Å²) in [7, 11) is 3.94. The van der Waals surface area contributed by atoms with Gasteiger partial charge in [-0.2, -0.15) is 5.10 Å². The van der Waals surface area contributed by atoms with Crippen LogP contribution in [-0.4, -0.2) is 40.4 Å². The van der Waals surface area contributed by atoms with Crippen LogP contribution < -0.4 is 15.8 Å². The quantitative estimate of drug-likeness (QED) is 0.452. The molecule has 0 saturated heterocycles. The van der Waals surface area contributed by atoms with E-state index in [1.807, 2.05) is 49.3 Å². The Morgan fingerprint density at radius 3 is 2.68 bits per heavy atom. The molecule has 0 aliphatic carbocycles. The second kappa shape index (κ2) is 10.1. The highest BCUT2D eigenvalue weighted by molar-refractivity contribution is 6.67. The number of hydrogen-bond acceptors (Lipinski definition) is 5. The minimum absolute atomic E-state index is 0.364. The molecule has 0 aliphatic rings. The summed E-state index contributed by atoms with van der Waals surface area (Å²) in [6.45, 7) is 1.76. The van der Waals surface area contributed by atoms with Gasteiger partial charge in [-0.25, -0.2) is 14.9 Å². The molecule has 0 fully saturated rings. The number of hydrazine groups is 1. The van der Waals surface area contributed by atoms with E-state index in [0.717, 1.165) is 36.3 Å². The fourth-order valence-corrected chi connectivity index (χ4v) is 2.56. The van der Waals surface area contributed by atoms with Gasteiger partial charge in [0.2, 0.25) is 3.79 Å². The molecule has 2 rings (SSSR count). The number of carbonyl (C=O) groups is 1. The lowest BCUT2D eigenvalue weighted by Crippen LogP contribution is -2.33. The predicted molar refractivity (Wildman–Crippen MR) is 115 cm³/mol. The topological polar surface area (TPSA) is 71.4 Å². The van der Waals surface area contributed by atoms with Crippen molar-refractivity contribution in [2.24, 2.45) is 0 Å². The van der Waals surface area contributed by atoms with Crippen molar-refractivity contribution in [1.29, 1.82) is 0 Å². The average molecular weight is 449 g/mol. The van der Waals surface area contributed by atoms with E-state index in [-0.39, 0.29) is 6.61 Å². The number of anilines is 2. The number of benzene rings is 1. The monoisotopic (exact) mass is 447 g/mol. The zero-order valence-electron chi connectivity index (χ0n) is 16.0. The number of aryl methyl sites for hydroxylation is 1. The number of nitrogens with zero attached hydrogens (tertiary/aromatic N) is 3. The number of ether oxygens (including phenoxy) is 1. The number of halogens is 3. The van der Waals surface area contributed by atoms with Gasteiger partial charge in [0.1, 0.15) is 12.4 Å². The number of amides is 1. The molecule has 0 bridgehead atoms. The fraction of sp³-hybridized carbons (Fsp3) is 0.444. The van der Waals surface area contributed by atoms with Crippen LogP contribution in [-0.2, 0) is 11.2 Å². The molecule has 0 spiro atoms. The lowest BCUT2D eigenvalue weighted by molar-refractivity contribution is 0.150. The van der Waals surface area contributed by atoms with Crippen molar-refractivity contribution in [1.82, 2.24) is 15.2 Å². The Kier molecular flexibility index (Phi) is 8.10. The number of unbranched alkanes of at least 4 members (excludes halogenated alkanes) is 1. The van der Waals surface area contributed by atoms with Gasteiger partial charge in [0.15, 0.2) is 0 Å². The van der Waals surface area contributed by atoms with Gasteiger partial charge in [-0.15, -0.1) is 0 Å². The van der Waals surface area contributed by atoms with E-state index in [0.29, 0.717) is 5.82 Å². The first-order valence-electron chi connectivity index (χ1n) is 8.82. The lowest BCUT2D eigenvalue weighted by Gasteiger charge is -2.16. The van der Waals surface area contributed by atoms with Gasteiger partial charge in [-0.05, 0) is 31.0 Å². The van der Waals surface area contributed by atoms with Crippen LogP contribution in [0, 0.1) is 0 Å². The molecular formula is C18H24Cl3N5O2. The highest BCUT2D eigenvalue weighted by Gasteiger charge is 2.22. The molecule has 1 aromatic heterocycles. The van der Waals surface area contributed by atoms with Crippen molar-refractivity contribution >= 4 is 52.4 Å². The second-order valence-electron chi connectivity index (χ2n) is 6.39. The molecular weight excluding hydrogens is 425 g/mol. The van der Waals surface area contributed by atoms with Gasteiger partial charge >= 0.3 is 6.09 Å². The van der Waals surface area contributed by atoms with E-state index in [4.69, 9.17) is 39.5 Å². The Morgan fingerprint density at radius 2 is 2.04 bits per heavy atom. The highest BCUT2D eigenvalue weighted by Crippen LogP contribution is 2.26. The van der Waals surface area contributed by atoms with E-state index in [2.05, 4.69) is 22.9 Å². The van der Waals surface area contributed by atoms with Crippen LogP contribution in [0.4, 0.5) is 16.3 Å². The molecule has 0 radical (unpaired) electrons. The van der Waals surface area contributed by atoms with Crippen LogP contribution in [0.1, 0.15) is 25.5 Å².